The van der Waals surface area contributed by atoms with Crippen molar-refractivity contribution in [1.82, 2.24) is 4.90 Å². The van der Waals surface area contributed by atoms with Gasteiger partial charge in [-0.15, -0.1) is 0 Å². The summed E-state index contributed by atoms with van der Waals surface area (Å²) in [5.74, 6) is -0.791. The zero-order chi connectivity index (χ0) is 17.6. The van der Waals surface area contributed by atoms with Crippen molar-refractivity contribution < 1.29 is 14.4 Å². The molecule has 3 rings (SSSR count). The van der Waals surface area contributed by atoms with Gasteiger partial charge >= 0.3 is 0 Å². The van der Waals surface area contributed by atoms with Gasteiger partial charge < -0.3 is 0 Å². The molecule has 4 nitrogen and oxygen atoms in total. The Hall–Kier alpha value is -3.01. The second-order valence-electron chi connectivity index (χ2n) is 6.04. The summed E-state index contributed by atoms with van der Waals surface area (Å²) in [6, 6.07) is 18.1. The van der Waals surface area contributed by atoms with Gasteiger partial charge in [0.25, 0.3) is 11.8 Å². The van der Waals surface area contributed by atoms with E-state index in [1.807, 2.05) is 36.4 Å². The number of imide groups is 1. The van der Waals surface area contributed by atoms with E-state index in [0.717, 1.165) is 5.56 Å². The molecule has 0 fully saturated rings. The standard InChI is InChI=1S/C21H19NO3/c23-19-13-7-12-18(14-19)21(25)22(15-16-8-3-1-4-9-16)20(24)17-10-5-2-6-11-17/h1-6,8-11,14H,7,12-13,15H2. The summed E-state index contributed by atoms with van der Waals surface area (Å²) in [6.07, 6.45) is 3.03. The van der Waals surface area contributed by atoms with Crippen LogP contribution >= 0.6 is 0 Å². The lowest BCUT2D eigenvalue weighted by molar-refractivity contribution is -0.126. The van der Waals surface area contributed by atoms with Crippen molar-refractivity contribution in [3.05, 3.63) is 83.4 Å². The molecule has 0 bridgehead atoms. The van der Waals surface area contributed by atoms with Gasteiger partial charge in [0.1, 0.15) is 0 Å². The molecular weight excluding hydrogens is 314 g/mol. The number of carbonyl (C=O) groups is 3. The zero-order valence-electron chi connectivity index (χ0n) is 13.9. The highest BCUT2D eigenvalue weighted by Crippen LogP contribution is 2.20. The lowest BCUT2D eigenvalue weighted by Gasteiger charge is -2.23. The van der Waals surface area contributed by atoms with Crippen LogP contribution in [0.15, 0.2) is 72.3 Å². The van der Waals surface area contributed by atoms with Crippen LogP contribution in [0, 0.1) is 0 Å². The van der Waals surface area contributed by atoms with E-state index >= 15 is 0 Å². The molecule has 0 saturated heterocycles. The predicted octanol–water partition coefficient (Wildman–Crippen LogP) is 3.54. The van der Waals surface area contributed by atoms with Gasteiger partial charge in [-0.3, -0.25) is 19.3 Å². The number of nitrogens with zero attached hydrogens (tertiary/aromatic N) is 1. The van der Waals surface area contributed by atoms with Crippen molar-refractivity contribution in [3.63, 3.8) is 0 Å². The molecule has 0 N–H and O–H groups in total. The molecule has 0 aromatic heterocycles. The molecule has 0 saturated carbocycles. The molecule has 0 aliphatic heterocycles. The molecule has 0 radical (unpaired) electrons. The second kappa shape index (κ2) is 7.71. The van der Waals surface area contributed by atoms with E-state index in [0.29, 0.717) is 30.4 Å². The summed E-state index contributed by atoms with van der Waals surface area (Å²) in [6.45, 7) is 0.179. The second-order valence-corrected chi connectivity index (χ2v) is 6.04. The third-order valence-corrected chi connectivity index (χ3v) is 4.17. The fourth-order valence-electron chi connectivity index (χ4n) is 2.87. The average molecular weight is 333 g/mol. The van der Waals surface area contributed by atoms with Crippen molar-refractivity contribution in [2.24, 2.45) is 0 Å². The number of ketones is 1. The SMILES string of the molecule is O=C1C=C(C(=O)N(Cc2ccccc2)C(=O)c2ccccc2)CCC1. The van der Waals surface area contributed by atoms with E-state index < -0.39 is 0 Å². The smallest absolute Gasteiger partial charge is 0.261 e. The summed E-state index contributed by atoms with van der Waals surface area (Å²) < 4.78 is 0. The van der Waals surface area contributed by atoms with Crippen molar-refractivity contribution in [2.75, 3.05) is 0 Å². The van der Waals surface area contributed by atoms with Crippen LogP contribution < -0.4 is 0 Å². The lowest BCUT2D eigenvalue weighted by atomic mass is 9.97. The van der Waals surface area contributed by atoms with Gasteiger partial charge in [0.05, 0.1) is 6.54 Å². The topological polar surface area (TPSA) is 54.5 Å². The van der Waals surface area contributed by atoms with Gasteiger partial charge in [0, 0.05) is 17.6 Å². The fourth-order valence-corrected chi connectivity index (χ4v) is 2.87. The highest BCUT2D eigenvalue weighted by Gasteiger charge is 2.27. The van der Waals surface area contributed by atoms with E-state index in [1.54, 1.807) is 24.3 Å². The van der Waals surface area contributed by atoms with Gasteiger partial charge in [-0.05, 0) is 36.6 Å². The maximum atomic E-state index is 12.9. The Bertz CT molecular complexity index is 810. The average Bonchev–Trinajstić information content (AvgIpc) is 2.66. The van der Waals surface area contributed by atoms with E-state index in [-0.39, 0.29) is 24.1 Å². The number of carbonyl (C=O) groups excluding carboxylic acids is 3. The quantitative estimate of drug-likeness (QED) is 0.804. The fraction of sp³-hybridized carbons (Fsp3) is 0.190. The van der Waals surface area contributed by atoms with Crippen LogP contribution in [0.1, 0.15) is 35.2 Å². The van der Waals surface area contributed by atoms with Crippen LogP contribution in [0.4, 0.5) is 0 Å². The third kappa shape index (κ3) is 4.10. The molecule has 126 valence electrons. The van der Waals surface area contributed by atoms with Gasteiger partial charge in [-0.25, -0.2) is 0 Å². The summed E-state index contributed by atoms with van der Waals surface area (Å²) in [5.41, 5.74) is 1.73. The van der Waals surface area contributed by atoms with Crippen molar-refractivity contribution in [3.8, 4) is 0 Å². The molecule has 2 aromatic carbocycles. The zero-order valence-corrected chi connectivity index (χ0v) is 13.9. The summed E-state index contributed by atoms with van der Waals surface area (Å²) in [7, 11) is 0. The molecule has 2 aromatic rings. The minimum atomic E-state index is -0.384. The minimum Gasteiger partial charge on any atom is -0.295 e. The third-order valence-electron chi connectivity index (χ3n) is 4.17. The van der Waals surface area contributed by atoms with E-state index in [4.69, 9.17) is 0 Å². The van der Waals surface area contributed by atoms with Crippen LogP contribution in [0.3, 0.4) is 0 Å². The Labute approximate surface area is 146 Å². The van der Waals surface area contributed by atoms with Crippen LogP contribution in [-0.2, 0) is 16.1 Å². The molecule has 25 heavy (non-hydrogen) atoms. The lowest BCUT2D eigenvalue weighted by Crippen LogP contribution is -2.38. The van der Waals surface area contributed by atoms with E-state index in [2.05, 4.69) is 0 Å². The highest BCUT2D eigenvalue weighted by atomic mass is 16.2. The van der Waals surface area contributed by atoms with Crippen LogP contribution in [0.25, 0.3) is 0 Å². The van der Waals surface area contributed by atoms with Gasteiger partial charge in [0.15, 0.2) is 5.78 Å². The molecule has 0 unspecified atom stereocenters. The molecule has 0 heterocycles. The van der Waals surface area contributed by atoms with E-state index in [1.165, 1.54) is 11.0 Å². The first-order chi connectivity index (χ1) is 12.1. The van der Waals surface area contributed by atoms with Crippen LogP contribution in [0.5, 0.6) is 0 Å². The van der Waals surface area contributed by atoms with Gasteiger partial charge in [0.2, 0.25) is 0 Å². The first-order valence-electron chi connectivity index (χ1n) is 8.34. The molecule has 1 aliphatic rings. The molecule has 1 aliphatic carbocycles. The largest absolute Gasteiger partial charge is 0.295 e. The highest BCUT2D eigenvalue weighted by molar-refractivity contribution is 6.12. The van der Waals surface area contributed by atoms with Gasteiger partial charge in [-0.2, -0.15) is 0 Å². The number of amides is 2. The van der Waals surface area contributed by atoms with Crippen molar-refractivity contribution in [2.45, 2.75) is 25.8 Å². The maximum Gasteiger partial charge on any atom is 0.261 e. The summed E-state index contributed by atoms with van der Waals surface area (Å²) in [5, 5.41) is 0. The molecule has 2 amide bonds. The van der Waals surface area contributed by atoms with E-state index in [9.17, 15) is 14.4 Å². The molecule has 4 heteroatoms. The van der Waals surface area contributed by atoms with Crippen LogP contribution in [0.2, 0.25) is 0 Å². The molecular formula is C21H19NO3. The molecule has 0 spiro atoms. The number of benzene rings is 2. The normalized spacial score (nSPS) is 13.9. The first-order valence-corrected chi connectivity index (χ1v) is 8.34. The number of hydrogen-bond donors (Lipinski definition) is 0. The summed E-state index contributed by atoms with van der Waals surface area (Å²) in [4.78, 5) is 38.8. The van der Waals surface area contributed by atoms with Crippen molar-refractivity contribution >= 4 is 17.6 Å². The maximum absolute atomic E-state index is 12.9. The van der Waals surface area contributed by atoms with Crippen molar-refractivity contribution in [1.29, 1.82) is 0 Å². The minimum absolute atomic E-state index is 0.0542. The Kier molecular flexibility index (Phi) is 5.19. The van der Waals surface area contributed by atoms with Crippen LogP contribution in [-0.4, -0.2) is 22.5 Å². The first kappa shape index (κ1) is 16.8. The Morgan fingerprint density at radius 3 is 2.12 bits per heavy atom. The Balaban J connectivity index is 1.92. The Morgan fingerprint density at radius 2 is 1.48 bits per heavy atom. The summed E-state index contributed by atoms with van der Waals surface area (Å²) >= 11 is 0. The van der Waals surface area contributed by atoms with Gasteiger partial charge in [-0.1, -0.05) is 48.5 Å². The number of hydrogen-bond acceptors (Lipinski definition) is 3. The monoisotopic (exact) mass is 333 g/mol. The number of allylic oxidation sites excluding steroid dienone is 1. The number of rotatable bonds is 4. The predicted molar refractivity (Wildman–Crippen MR) is 94.7 cm³/mol. The molecule has 0 atom stereocenters. The Morgan fingerprint density at radius 1 is 0.840 bits per heavy atom.